The van der Waals surface area contributed by atoms with E-state index in [1.807, 2.05) is 6.92 Å². The van der Waals surface area contributed by atoms with Crippen LogP contribution in [0, 0.1) is 12.3 Å². The van der Waals surface area contributed by atoms with E-state index in [-0.39, 0.29) is 10.6 Å². The maximum Gasteiger partial charge on any atom is 0.337 e. The highest BCUT2D eigenvalue weighted by Gasteiger charge is 2.16. The fourth-order valence-electron chi connectivity index (χ4n) is 1.26. The molecule has 0 aliphatic carbocycles. The van der Waals surface area contributed by atoms with Crippen molar-refractivity contribution in [2.75, 3.05) is 18.0 Å². The first-order valence-corrected chi connectivity index (χ1v) is 5.05. The van der Waals surface area contributed by atoms with Crippen LogP contribution in [-0.4, -0.2) is 29.1 Å². The molecule has 4 nitrogen and oxygen atoms in total. The van der Waals surface area contributed by atoms with Gasteiger partial charge >= 0.3 is 5.97 Å². The number of nitrogens with zero attached hydrogens (tertiary/aromatic N) is 2. The lowest BCUT2D eigenvalue weighted by Gasteiger charge is -2.20. The van der Waals surface area contributed by atoms with E-state index in [2.05, 4.69) is 10.9 Å². The molecule has 16 heavy (non-hydrogen) atoms. The number of hydrogen-bond donors (Lipinski definition) is 1. The van der Waals surface area contributed by atoms with Crippen LogP contribution in [-0.2, 0) is 0 Å². The third kappa shape index (κ3) is 2.44. The van der Waals surface area contributed by atoms with Crippen molar-refractivity contribution in [1.82, 2.24) is 4.98 Å². The van der Waals surface area contributed by atoms with Crippen molar-refractivity contribution in [2.45, 2.75) is 6.92 Å². The molecule has 1 heterocycles. The zero-order chi connectivity index (χ0) is 12.1. The molecule has 1 aromatic heterocycles. The third-order valence-electron chi connectivity index (χ3n) is 2.06. The Morgan fingerprint density at radius 3 is 2.94 bits per heavy atom. The van der Waals surface area contributed by atoms with Crippen LogP contribution in [0.3, 0.4) is 0 Å². The first-order valence-electron chi connectivity index (χ1n) is 4.68. The molecule has 0 amide bonds. The lowest BCUT2D eigenvalue weighted by molar-refractivity contribution is 0.0697. The molecule has 0 spiro atoms. The summed E-state index contributed by atoms with van der Waals surface area (Å²) in [6, 6.07) is 1.36. The summed E-state index contributed by atoms with van der Waals surface area (Å²) in [5.41, 5.74) is 0.0298. The highest BCUT2D eigenvalue weighted by molar-refractivity contribution is 6.35. The van der Waals surface area contributed by atoms with Gasteiger partial charge in [0.2, 0.25) is 0 Å². The van der Waals surface area contributed by atoms with Crippen LogP contribution >= 0.6 is 11.6 Å². The Balaban J connectivity index is 3.19. The van der Waals surface area contributed by atoms with Gasteiger partial charge in [-0.2, -0.15) is 0 Å². The van der Waals surface area contributed by atoms with Gasteiger partial charge in [-0.05, 0) is 13.0 Å². The molecule has 84 valence electrons. The van der Waals surface area contributed by atoms with Crippen molar-refractivity contribution in [3.8, 4) is 12.3 Å². The summed E-state index contributed by atoms with van der Waals surface area (Å²) in [7, 11) is 0. The van der Waals surface area contributed by atoms with Crippen LogP contribution in [0.25, 0.3) is 0 Å². The van der Waals surface area contributed by atoms with Crippen molar-refractivity contribution in [2.24, 2.45) is 0 Å². The number of rotatable bonds is 4. The smallest absolute Gasteiger partial charge is 0.337 e. The van der Waals surface area contributed by atoms with Gasteiger partial charge in [-0.1, -0.05) is 17.5 Å². The Hall–Kier alpha value is -1.73. The summed E-state index contributed by atoms with van der Waals surface area (Å²) in [6.07, 6.45) is 6.62. The zero-order valence-corrected chi connectivity index (χ0v) is 9.53. The van der Waals surface area contributed by atoms with Crippen molar-refractivity contribution < 1.29 is 9.90 Å². The average Bonchev–Trinajstić information content (AvgIpc) is 2.26. The second-order valence-electron chi connectivity index (χ2n) is 3.02. The normalized spacial score (nSPS) is 9.56. The van der Waals surface area contributed by atoms with Gasteiger partial charge in [0.15, 0.2) is 0 Å². The molecule has 1 rings (SSSR count). The monoisotopic (exact) mass is 238 g/mol. The number of carbonyl (C=O) groups is 1. The molecule has 0 bridgehead atoms. The van der Waals surface area contributed by atoms with E-state index >= 15 is 0 Å². The maximum absolute atomic E-state index is 10.9. The lowest BCUT2D eigenvalue weighted by atomic mass is 10.2. The first kappa shape index (κ1) is 12.3. The molecule has 0 aliphatic heterocycles. The van der Waals surface area contributed by atoms with E-state index < -0.39 is 5.97 Å². The van der Waals surface area contributed by atoms with Gasteiger partial charge in [0.05, 0.1) is 17.1 Å². The first-order chi connectivity index (χ1) is 7.61. The Labute approximate surface area is 98.9 Å². The zero-order valence-electron chi connectivity index (χ0n) is 8.77. The number of anilines is 1. The summed E-state index contributed by atoms with van der Waals surface area (Å²) < 4.78 is 0. The Morgan fingerprint density at radius 2 is 2.44 bits per heavy atom. The number of aromatic carboxylic acids is 1. The largest absolute Gasteiger partial charge is 0.478 e. The van der Waals surface area contributed by atoms with Crippen LogP contribution in [0.2, 0.25) is 5.02 Å². The standard InChI is InChI=1S/C11H11ClN2O2/c1-3-7-14(4-2)10-9(12)8(11(15)16)5-6-13-10/h1,5-6H,4,7H2,2H3,(H,15,16). The Bertz CT molecular complexity index is 440. The molecule has 0 unspecified atom stereocenters. The molecule has 0 saturated heterocycles. The number of aromatic nitrogens is 1. The van der Waals surface area contributed by atoms with Gasteiger partial charge in [0.25, 0.3) is 0 Å². The molecular formula is C11H11ClN2O2. The summed E-state index contributed by atoms with van der Waals surface area (Å²) in [6.45, 7) is 2.84. The third-order valence-corrected chi connectivity index (χ3v) is 2.44. The number of carboxylic acid groups (broad SMARTS) is 1. The number of hydrogen-bond acceptors (Lipinski definition) is 3. The number of halogens is 1. The number of carboxylic acids is 1. The van der Waals surface area contributed by atoms with Crippen LogP contribution < -0.4 is 4.90 Å². The number of terminal acetylenes is 1. The van der Waals surface area contributed by atoms with E-state index in [9.17, 15) is 4.79 Å². The van der Waals surface area contributed by atoms with Gasteiger partial charge in [-0.15, -0.1) is 6.42 Å². The minimum absolute atomic E-state index is 0.0298. The molecule has 0 radical (unpaired) electrons. The van der Waals surface area contributed by atoms with Gasteiger partial charge in [-0.3, -0.25) is 0 Å². The average molecular weight is 239 g/mol. The van der Waals surface area contributed by atoms with Crippen molar-refractivity contribution >= 4 is 23.4 Å². The fourth-order valence-corrected chi connectivity index (χ4v) is 1.58. The molecule has 0 fully saturated rings. The predicted molar refractivity (Wildman–Crippen MR) is 62.9 cm³/mol. The van der Waals surface area contributed by atoms with E-state index in [1.165, 1.54) is 12.3 Å². The van der Waals surface area contributed by atoms with E-state index in [0.717, 1.165) is 0 Å². The van der Waals surface area contributed by atoms with Crippen molar-refractivity contribution in [3.05, 3.63) is 22.8 Å². The number of pyridine rings is 1. The summed E-state index contributed by atoms with van der Waals surface area (Å²) in [4.78, 5) is 16.6. The molecule has 0 saturated carbocycles. The van der Waals surface area contributed by atoms with Crippen LogP contribution in [0.5, 0.6) is 0 Å². The van der Waals surface area contributed by atoms with Gasteiger partial charge in [0, 0.05) is 12.7 Å². The predicted octanol–water partition coefficient (Wildman–Crippen LogP) is 1.89. The second kappa shape index (κ2) is 5.38. The van der Waals surface area contributed by atoms with Crippen LogP contribution in [0.1, 0.15) is 17.3 Å². The highest BCUT2D eigenvalue weighted by Crippen LogP contribution is 2.26. The molecule has 0 atom stereocenters. The van der Waals surface area contributed by atoms with Crippen LogP contribution in [0.4, 0.5) is 5.82 Å². The van der Waals surface area contributed by atoms with Gasteiger partial charge in [0.1, 0.15) is 5.82 Å². The molecule has 0 aliphatic rings. The minimum atomic E-state index is -1.08. The molecule has 5 heteroatoms. The van der Waals surface area contributed by atoms with Crippen LogP contribution in [0.15, 0.2) is 12.3 Å². The lowest BCUT2D eigenvalue weighted by Crippen LogP contribution is -2.24. The summed E-state index contributed by atoms with van der Waals surface area (Å²) >= 11 is 5.96. The minimum Gasteiger partial charge on any atom is -0.478 e. The molecular weight excluding hydrogens is 228 g/mol. The Kier molecular flexibility index (Phi) is 4.15. The second-order valence-corrected chi connectivity index (χ2v) is 3.40. The molecule has 0 aromatic carbocycles. The molecule has 1 aromatic rings. The molecule has 1 N–H and O–H groups in total. The maximum atomic E-state index is 10.9. The van der Waals surface area contributed by atoms with Gasteiger partial charge in [-0.25, -0.2) is 9.78 Å². The topological polar surface area (TPSA) is 53.4 Å². The van der Waals surface area contributed by atoms with E-state index in [0.29, 0.717) is 18.9 Å². The summed E-state index contributed by atoms with van der Waals surface area (Å²) in [5.74, 6) is 1.80. The quantitative estimate of drug-likeness (QED) is 0.814. The van der Waals surface area contributed by atoms with Crippen molar-refractivity contribution in [3.63, 3.8) is 0 Å². The van der Waals surface area contributed by atoms with E-state index in [4.69, 9.17) is 23.1 Å². The SMILES string of the molecule is C#CCN(CC)c1nccc(C(=O)O)c1Cl. The summed E-state index contributed by atoms with van der Waals surface area (Å²) in [5, 5.41) is 9.02. The van der Waals surface area contributed by atoms with Gasteiger partial charge < -0.3 is 10.0 Å². The van der Waals surface area contributed by atoms with E-state index in [1.54, 1.807) is 4.90 Å². The Morgan fingerprint density at radius 1 is 1.75 bits per heavy atom. The van der Waals surface area contributed by atoms with Crippen molar-refractivity contribution in [1.29, 1.82) is 0 Å². The highest BCUT2D eigenvalue weighted by atomic mass is 35.5. The fraction of sp³-hybridized carbons (Fsp3) is 0.273.